The summed E-state index contributed by atoms with van der Waals surface area (Å²) in [6.45, 7) is 1.26. The van der Waals surface area contributed by atoms with Crippen LogP contribution in [0.4, 0.5) is 19.0 Å². The minimum atomic E-state index is -5.30. The van der Waals surface area contributed by atoms with Crippen LogP contribution >= 0.6 is 15.9 Å². The number of aryl methyl sites for hydroxylation is 2. The third-order valence-corrected chi connectivity index (χ3v) is 6.88. The van der Waals surface area contributed by atoms with Gasteiger partial charge in [-0.2, -0.15) is 18.3 Å². The van der Waals surface area contributed by atoms with Crippen molar-refractivity contribution in [2.45, 2.75) is 44.2 Å². The molecule has 0 aliphatic carbocycles. The highest BCUT2D eigenvalue weighted by Gasteiger charge is 2.43. The molecule has 0 fully saturated rings. The first kappa shape index (κ1) is 30.2. The van der Waals surface area contributed by atoms with Crippen LogP contribution < -0.4 is 14.8 Å². The average Bonchev–Trinajstić information content (AvgIpc) is 3.29. The van der Waals surface area contributed by atoms with Gasteiger partial charge in [0.05, 0.1) is 25.8 Å². The normalized spacial score (nSPS) is 13.5. The zero-order valence-electron chi connectivity index (χ0n) is 22.3. The van der Waals surface area contributed by atoms with Crippen LogP contribution in [-0.2, 0) is 45.7 Å². The van der Waals surface area contributed by atoms with Gasteiger partial charge in [0, 0.05) is 42.2 Å². The lowest BCUT2D eigenvalue weighted by Crippen LogP contribution is -2.27. The quantitative estimate of drug-likeness (QED) is 0.245. The van der Waals surface area contributed by atoms with Crippen molar-refractivity contribution >= 4 is 33.7 Å². The predicted octanol–water partition coefficient (Wildman–Crippen LogP) is 4.85. The molecular formula is C27H28BrF3N4O6. The molecule has 41 heavy (non-hydrogen) atoms. The first-order valence-electron chi connectivity index (χ1n) is 12.7. The number of rotatable bonds is 10. The van der Waals surface area contributed by atoms with E-state index in [1.807, 2.05) is 6.07 Å². The van der Waals surface area contributed by atoms with Crippen molar-refractivity contribution in [3.8, 4) is 11.6 Å². The van der Waals surface area contributed by atoms with Crippen molar-refractivity contribution in [3.63, 3.8) is 0 Å². The number of halogens is 4. The van der Waals surface area contributed by atoms with Crippen LogP contribution in [-0.4, -0.2) is 53.1 Å². The largest absolute Gasteiger partial charge is 0.496 e. The molecule has 1 aliphatic heterocycles. The Morgan fingerprint density at radius 2 is 1.95 bits per heavy atom. The fourth-order valence-corrected chi connectivity index (χ4v) is 4.82. The van der Waals surface area contributed by atoms with Crippen molar-refractivity contribution in [1.82, 2.24) is 14.8 Å². The number of benzene rings is 1. The van der Waals surface area contributed by atoms with E-state index in [0.29, 0.717) is 40.4 Å². The Bertz CT molecular complexity index is 1400. The summed E-state index contributed by atoms with van der Waals surface area (Å²) in [5.74, 6) is -2.62. The summed E-state index contributed by atoms with van der Waals surface area (Å²) < 4.78 is 50.9. The standard InChI is InChI=1S/C27H28BrF3N4O6/c1-35-23(39-11-9-19-7-5-16-4-3-10-32-25(16)33-19)15-20(34-35)12-17(21-14-18(28)6-8-22(21)38-2)13-24(36)40-41-26(37)27(29,30)31/h5-8,14-15,17H,3-4,9-13H2,1-2H3,(H,32,33). The molecule has 4 rings (SSSR count). The molecule has 0 bridgehead atoms. The highest BCUT2D eigenvalue weighted by atomic mass is 79.9. The number of nitrogens with one attached hydrogen (secondary N) is 1. The summed E-state index contributed by atoms with van der Waals surface area (Å²) in [6.07, 6.45) is -2.89. The topological polar surface area (TPSA) is 114 Å². The molecular weight excluding hydrogens is 613 g/mol. The van der Waals surface area contributed by atoms with Crippen LogP contribution in [0.1, 0.15) is 41.3 Å². The molecule has 0 saturated heterocycles. The molecule has 3 heterocycles. The zero-order chi connectivity index (χ0) is 29.6. The third-order valence-electron chi connectivity index (χ3n) is 6.39. The number of aromatic nitrogens is 3. The van der Waals surface area contributed by atoms with Crippen LogP contribution in [0.15, 0.2) is 40.9 Å². The molecule has 0 amide bonds. The number of methoxy groups -OCH3 is 1. The van der Waals surface area contributed by atoms with Crippen LogP contribution in [0.25, 0.3) is 0 Å². The molecule has 220 valence electrons. The van der Waals surface area contributed by atoms with Crippen LogP contribution in [0, 0.1) is 0 Å². The molecule has 1 unspecified atom stereocenters. The van der Waals surface area contributed by atoms with E-state index in [1.54, 1.807) is 36.0 Å². The maximum absolute atomic E-state index is 12.4. The number of nitrogens with zero attached hydrogens (tertiary/aromatic N) is 3. The maximum Gasteiger partial charge on any atom is 0.495 e. The number of fused-ring (bicyclic) bond motifs is 1. The Morgan fingerprint density at radius 1 is 1.15 bits per heavy atom. The van der Waals surface area contributed by atoms with E-state index in [9.17, 15) is 22.8 Å². The maximum atomic E-state index is 12.4. The minimum absolute atomic E-state index is 0.171. The van der Waals surface area contributed by atoms with Gasteiger partial charge in [-0.25, -0.2) is 29.0 Å². The third kappa shape index (κ3) is 8.12. The molecule has 0 spiro atoms. The highest BCUT2D eigenvalue weighted by molar-refractivity contribution is 9.10. The number of carbonyl (C=O) groups excluding carboxylic acids is 2. The fourth-order valence-electron chi connectivity index (χ4n) is 4.45. The lowest BCUT2D eigenvalue weighted by Gasteiger charge is -2.18. The molecule has 0 radical (unpaired) electrons. The number of ether oxygens (including phenoxy) is 2. The molecule has 1 atom stereocenters. The van der Waals surface area contributed by atoms with Crippen LogP contribution in [0.5, 0.6) is 11.6 Å². The monoisotopic (exact) mass is 640 g/mol. The second-order valence-electron chi connectivity index (χ2n) is 9.35. The number of anilines is 1. The molecule has 1 N–H and O–H groups in total. The van der Waals surface area contributed by atoms with Gasteiger partial charge in [0.2, 0.25) is 5.88 Å². The highest BCUT2D eigenvalue weighted by Crippen LogP contribution is 2.35. The number of hydrogen-bond acceptors (Lipinski definition) is 9. The summed E-state index contributed by atoms with van der Waals surface area (Å²) in [7, 11) is 3.16. The number of pyridine rings is 1. The summed E-state index contributed by atoms with van der Waals surface area (Å²) >= 11 is 3.39. The van der Waals surface area contributed by atoms with Gasteiger partial charge < -0.3 is 14.8 Å². The number of carbonyl (C=O) groups is 2. The lowest BCUT2D eigenvalue weighted by atomic mass is 9.90. The van der Waals surface area contributed by atoms with E-state index < -0.39 is 30.5 Å². The smallest absolute Gasteiger partial charge is 0.495 e. The Hall–Kier alpha value is -3.81. The zero-order valence-corrected chi connectivity index (χ0v) is 23.9. The van der Waals surface area contributed by atoms with Gasteiger partial charge in [0.25, 0.3) is 0 Å². The Balaban J connectivity index is 1.44. The van der Waals surface area contributed by atoms with E-state index in [2.05, 4.69) is 47.2 Å². The Kier molecular flexibility index (Phi) is 9.73. The second kappa shape index (κ2) is 13.2. The lowest BCUT2D eigenvalue weighted by molar-refractivity contribution is -0.286. The second-order valence-corrected chi connectivity index (χ2v) is 10.3. The van der Waals surface area contributed by atoms with Crippen molar-refractivity contribution in [1.29, 1.82) is 0 Å². The van der Waals surface area contributed by atoms with E-state index in [0.717, 1.165) is 30.9 Å². The van der Waals surface area contributed by atoms with Gasteiger partial charge in [-0.05, 0) is 54.7 Å². The van der Waals surface area contributed by atoms with Gasteiger partial charge in [-0.1, -0.05) is 22.0 Å². The van der Waals surface area contributed by atoms with Crippen molar-refractivity contribution < 1.29 is 42.0 Å². The van der Waals surface area contributed by atoms with Crippen molar-refractivity contribution in [2.75, 3.05) is 25.6 Å². The van der Waals surface area contributed by atoms with Gasteiger partial charge in [0.1, 0.15) is 11.6 Å². The van der Waals surface area contributed by atoms with Gasteiger partial charge in [-0.3, -0.25) is 0 Å². The molecule has 3 aromatic rings. The van der Waals surface area contributed by atoms with Crippen molar-refractivity contribution in [3.05, 3.63) is 63.4 Å². The molecule has 1 aliphatic rings. The van der Waals surface area contributed by atoms with E-state index >= 15 is 0 Å². The number of hydrogen-bond donors (Lipinski definition) is 1. The van der Waals surface area contributed by atoms with Gasteiger partial charge >= 0.3 is 18.1 Å². The summed E-state index contributed by atoms with van der Waals surface area (Å²) in [4.78, 5) is 35.8. The molecule has 0 saturated carbocycles. The van der Waals surface area contributed by atoms with E-state index in [1.165, 1.54) is 12.7 Å². The van der Waals surface area contributed by atoms with Crippen LogP contribution in [0.2, 0.25) is 0 Å². The Labute approximate surface area is 242 Å². The molecule has 14 heteroatoms. The van der Waals surface area contributed by atoms with Gasteiger partial charge in [-0.15, -0.1) is 0 Å². The first-order valence-corrected chi connectivity index (χ1v) is 13.5. The predicted molar refractivity (Wildman–Crippen MR) is 143 cm³/mol. The summed E-state index contributed by atoms with van der Waals surface area (Å²) in [5, 5.41) is 7.79. The molecule has 1 aromatic carbocycles. The molecule has 2 aromatic heterocycles. The van der Waals surface area contributed by atoms with E-state index in [4.69, 9.17) is 9.47 Å². The van der Waals surface area contributed by atoms with Crippen LogP contribution in [0.3, 0.4) is 0 Å². The average molecular weight is 641 g/mol. The first-order chi connectivity index (χ1) is 19.5. The SMILES string of the molecule is COc1ccc(Br)cc1C(CC(=O)OOC(=O)C(F)(F)F)Cc1cc(OCCc2ccc3c(n2)NCCC3)n(C)n1. The fraction of sp³-hybridized carbons (Fsp3) is 0.407. The Morgan fingerprint density at radius 3 is 2.71 bits per heavy atom. The minimum Gasteiger partial charge on any atom is -0.496 e. The number of alkyl halides is 3. The summed E-state index contributed by atoms with van der Waals surface area (Å²) in [5.41, 5.74) is 3.22. The van der Waals surface area contributed by atoms with Crippen molar-refractivity contribution in [2.24, 2.45) is 7.05 Å². The van der Waals surface area contributed by atoms with Gasteiger partial charge in [0.15, 0.2) is 0 Å². The molecule has 10 nitrogen and oxygen atoms in total. The summed E-state index contributed by atoms with van der Waals surface area (Å²) in [6, 6.07) is 10.9. The van der Waals surface area contributed by atoms with E-state index in [-0.39, 0.29) is 6.42 Å².